The molecular weight excluding hydrogens is 928 g/mol. The number of fused-ring (bicyclic) bond motifs is 7. The monoisotopic (exact) mass is 970 g/mol. The second kappa shape index (κ2) is 14.6. The number of benzene rings is 7. The first kappa shape index (κ1) is 38.8. The van der Waals surface area contributed by atoms with E-state index in [0.717, 1.165) is 44.7 Å². The van der Waals surface area contributed by atoms with Crippen LogP contribution in [0.3, 0.4) is 0 Å². The van der Waals surface area contributed by atoms with Crippen LogP contribution in [0, 0.1) is 18.8 Å². The average molecular weight is 971 g/mol. The molecule has 1 aliphatic carbocycles. The molecule has 2 aliphatic rings. The molecule has 6 heteroatoms. The number of rotatable bonds is 6. The molecule has 302 valence electrons. The first-order chi connectivity index (χ1) is 29.1. The van der Waals surface area contributed by atoms with Crippen molar-refractivity contribution in [3.05, 3.63) is 199 Å². The largest absolute Gasteiger partial charge is 0.509 e. The summed E-state index contributed by atoms with van der Waals surface area (Å²) in [5, 5.41) is 2.24. The average Bonchev–Trinajstić information content (AvgIpc) is 3.89. The maximum atomic E-state index is 6.65. The second-order valence-electron chi connectivity index (χ2n) is 17.4. The molecule has 3 heterocycles. The summed E-state index contributed by atoms with van der Waals surface area (Å²) in [6, 6.07) is 63.1. The van der Waals surface area contributed by atoms with E-state index in [-0.39, 0.29) is 31.9 Å². The first-order valence-electron chi connectivity index (χ1n) is 20.6. The molecule has 0 radical (unpaired) electrons. The summed E-state index contributed by atoms with van der Waals surface area (Å²) in [6.45, 7) is 13.6. The van der Waals surface area contributed by atoms with Gasteiger partial charge in [0.1, 0.15) is 5.82 Å². The topological polar surface area (TPSA) is 33.5 Å². The summed E-state index contributed by atoms with van der Waals surface area (Å²) < 4.78 is 8.85. The van der Waals surface area contributed by atoms with E-state index in [2.05, 4.69) is 207 Å². The summed E-state index contributed by atoms with van der Waals surface area (Å²) >= 11 is 0. The van der Waals surface area contributed by atoms with Crippen LogP contribution in [0.5, 0.6) is 11.5 Å². The predicted octanol–water partition coefficient (Wildman–Crippen LogP) is 14.2. The third-order valence-corrected chi connectivity index (χ3v) is 12.3. The van der Waals surface area contributed by atoms with Crippen molar-refractivity contribution in [3.8, 4) is 39.6 Å². The molecule has 0 bridgehead atoms. The number of aromatic nitrogens is 2. The number of nitrogens with zero attached hydrogens (tertiary/aromatic N) is 4. The first-order valence-corrected chi connectivity index (χ1v) is 20.6. The molecular formula is C55H43N4OPt-3. The van der Waals surface area contributed by atoms with Crippen LogP contribution >= 0.6 is 0 Å². The maximum Gasteiger partial charge on any atom is 0.135 e. The van der Waals surface area contributed by atoms with Crippen molar-refractivity contribution in [1.82, 2.24) is 9.55 Å². The standard InChI is InChI=1S/C55H43N4O.Pt/c1-54(2,3)37-30-31-56-51(32-37)59-47-23-12-10-20-42(47)43-27-26-40(34-50(43)59)60-39-19-15-18-38(33-39)57-35-58(49-25-14-13-24-48(49)57)53-41(36-16-7-6-8-17-36)28-29-46-52(53)44-21-9-11-22-45(44)55(46,4)5;/h6-32,35H,1-5H3;/q-3;. The van der Waals surface area contributed by atoms with Gasteiger partial charge in [0.15, 0.2) is 0 Å². The minimum absolute atomic E-state index is 0. The molecule has 0 saturated carbocycles. The third kappa shape index (κ3) is 6.29. The molecule has 0 fully saturated rings. The van der Waals surface area contributed by atoms with Crippen LogP contribution in [0.2, 0.25) is 0 Å². The zero-order valence-corrected chi connectivity index (χ0v) is 37.0. The van der Waals surface area contributed by atoms with E-state index in [1.54, 1.807) is 0 Å². The Morgan fingerprint density at radius 1 is 0.623 bits per heavy atom. The van der Waals surface area contributed by atoms with Gasteiger partial charge in [-0.3, -0.25) is 0 Å². The summed E-state index contributed by atoms with van der Waals surface area (Å²) in [5.74, 6) is 2.06. The van der Waals surface area contributed by atoms with E-state index in [9.17, 15) is 0 Å². The van der Waals surface area contributed by atoms with Gasteiger partial charge in [0, 0.05) is 77.9 Å². The molecule has 9 aromatic rings. The number of hydrogen-bond acceptors (Lipinski definition) is 4. The van der Waals surface area contributed by atoms with Gasteiger partial charge in [-0.1, -0.05) is 137 Å². The van der Waals surface area contributed by atoms with E-state index in [1.165, 1.54) is 44.6 Å². The van der Waals surface area contributed by atoms with Gasteiger partial charge >= 0.3 is 0 Å². The number of hydrogen-bond donors (Lipinski definition) is 0. The van der Waals surface area contributed by atoms with Crippen molar-refractivity contribution in [2.75, 3.05) is 9.80 Å². The van der Waals surface area contributed by atoms with Gasteiger partial charge in [0.2, 0.25) is 0 Å². The fourth-order valence-electron chi connectivity index (χ4n) is 9.29. The minimum atomic E-state index is -0.143. The SMILES string of the molecule is CC(C)(C)c1ccnc(-n2c3[c-]c(Oc4[c-]c(N5[CH-]N(c6c(-c7ccccc7)ccc7c6-c6ccccc6C7(C)C)c6ccccc65)ccc4)ccc3c3ccccc32)c1.[Pt]. The second-order valence-corrected chi connectivity index (χ2v) is 17.4. The van der Waals surface area contributed by atoms with E-state index >= 15 is 0 Å². The summed E-state index contributed by atoms with van der Waals surface area (Å²) in [7, 11) is 0. The van der Waals surface area contributed by atoms with Gasteiger partial charge < -0.3 is 19.1 Å². The van der Waals surface area contributed by atoms with Crippen LogP contribution in [0.15, 0.2) is 164 Å². The smallest absolute Gasteiger partial charge is 0.135 e. The molecule has 1 aliphatic heterocycles. The van der Waals surface area contributed by atoms with E-state index < -0.39 is 0 Å². The third-order valence-electron chi connectivity index (χ3n) is 12.3. The fourth-order valence-corrected chi connectivity index (χ4v) is 9.29. The number of anilines is 4. The molecule has 61 heavy (non-hydrogen) atoms. The Morgan fingerprint density at radius 2 is 1.34 bits per heavy atom. The molecule has 0 amide bonds. The summed E-state index contributed by atoms with van der Waals surface area (Å²) in [5.41, 5.74) is 14.8. The normalized spacial score (nSPS) is 13.9. The van der Waals surface area contributed by atoms with E-state index in [1.807, 2.05) is 24.4 Å². The van der Waals surface area contributed by atoms with Gasteiger partial charge in [-0.15, -0.1) is 48.1 Å². The molecule has 0 unspecified atom stereocenters. The van der Waals surface area contributed by atoms with Crippen LogP contribution in [0.25, 0.3) is 49.9 Å². The Bertz CT molecular complexity index is 3140. The van der Waals surface area contributed by atoms with Gasteiger partial charge in [-0.2, -0.15) is 12.1 Å². The number of pyridine rings is 1. The fraction of sp³-hybridized carbons (Fsp3) is 0.127. The van der Waals surface area contributed by atoms with Gasteiger partial charge in [0.25, 0.3) is 0 Å². The van der Waals surface area contributed by atoms with Crippen molar-refractivity contribution in [2.24, 2.45) is 0 Å². The summed E-state index contributed by atoms with van der Waals surface area (Å²) in [6.07, 6.45) is 1.90. The molecule has 5 nitrogen and oxygen atoms in total. The van der Waals surface area contributed by atoms with Gasteiger partial charge in [0.05, 0.1) is 0 Å². The van der Waals surface area contributed by atoms with Crippen LogP contribution in [0.4, 0.5) is 22.7 Å². The Labute approximate surface area is 372 Å². The predicted molar refractivity (Wildman–Crippen MR) is 246 cm³/mol. The van der Waals surface area contributed by atoms with Crippen LogP contribution in [0.1, 0.15) is 51.3 Å². The Morgan fingerprint density at radius 3 is 2.16 bits per heavy atom. The maximum absolute atomic E-state index is 6.65. The molecule has 0 atom stereocenters. The van der Waals surface area contributed by atoms with Crippen molar-refractivity contribution >= 4 is 44.6 Å². The van der Waals surface area contributed by atoms with Crippen molar-refractivity contribution in [3.63, 3.8) is 0 Å². The van der Waals surface area contributed by atoms with Crippen molar-refractivity contribution in [2.45, 2.75) is 45.4 Å². The van der Waals surface area contributed by atoms with Gasteiger partial charge in [-0.25, -0.2) is 4.98 Å². The zero-order valence-electron chi connectivity index (χ0n) is 34.7. The van der Waals surface area contributed by atoms with Crippen LogP contribution in [-0.2, 0) is 31.9 Å². The number of ether oxygens (including phenoxy) is 1. The molecule has 2 aromatic heterocycles. The van der Waals surface area contributed by atoms with Crippen LogP contribution < -0.4 is 14.5 Å². The van der Waals surface area contributed by atoms with Crippen molar-refractivity contribution in [1.29, 1.82) is 0 Å². The minimum Gasteiger partial charge on any atom is -0.509 e. The van der Waals surface area contributed by atoms with E-state index in [4.69, 9.17) is 9.72 Å². The molecule has 0 spiro atoms. The zero-order chi connectivity index (χ0) is 40.8. The van der Waals surface area contributed by atoms with Crippen molar-refractivity contribution < 1.29 is 25.8 Å². The molecule has 0 saturated heterocycles. The summed E-state index contributed by atoms with van der Waals surface area (Å²) in [4.78, 5) is 9.45. The molecule has 7 aromatic carbocycles. The number of para-hydroxylation sites is 3. The Hall–Kier alpha value is -6.42. The quantitative estimate of drug-likeness (QED) is 0.156. The van der Waals surface area contributed by atoms with Crippen LogP contribution in [-0.4, -0.2) is 9.55 Å². The van der Waals surface area contributed by atoms with E-state index in [0.29, 0.717) is 11.5 Å². The Balaban J connectivity index is 0.00000445. The van der Waals surface area contributed by atoms with Gasteiger partial charge in [-0.05, 0) is 69.0 Å². The molecule has 0 N–H and O–H groups in total. The molecule has 11 rings (SSSR count). The Kier molecular flexibility index (Phi) is 9.30.